The van der Waals surface area contributed by atoms with Crippen LogP contribution in [-0.2, 0) is 0 Å². The summed E-state index contributed by atoms with van der Waals surface area (Å²) in [6.07, 6.45) is 0. The van der Waals surface area contributed by atoms with E-state index in [1.54, 1.807) is 0 Å². The van der Waals surface area contributed by atoms with Crippen molar-refractivity contribution in [3.05, 3.63) is 0 Å². The Labute approximate surface area is 82.1 Å². The summed E-state index contributed by atoms with van der Waals surface area (Å²) in [6.45, 7) is 6.57. The van der Waals surface area contributed by atoms with Crippen molar-refractivity contribution in [3.63, 3.8) is 0 Å². The van der Waals surface area contributed by atoms with E-state index in [1.165, 1.54) is 0 Å². The van der Waals surface area contributed by atoms with Gasteiger partial charge in [0, 0.05) is 43.8 Å². The molecule has 0 bridgehead atoms. The molecule has 0 aliphatic rings. The monoisotopic (exact) mass is 153 g/mol. The molecule has 0 amide bonds. The number of rotatable bonds is 1. The first-order valence-corrected chi connectivity index (χ1v) is 6.14. The molecule has 48 valence electrons. The van der Waals surface area contributed by atoms with E-state index in [9.17, 15) is 0 Å². The third-order valence-electron chi connectivity index (χ3n) is 0.609. The quantitative estimate of drug-likeness (QED) is 0.527. The normalized spacial score (nSPS) is 9.25. The van der Waals surface area contributed by atoms with Crippen LogP contribution < -0.4 is 0 Å². The van der Waals surface area contributed by atoms with E-state index in [-0.39, 0.29) is 37.7 Å². The molecule has 0 aliphatic heterocycles. The number of nitrogens with zero attached hydrogens (tertiary/aromatic N) is 1. The molecule has 0 aromatic rings. The van der Waals surface area contributed by atoms with E-state index in [4.69, 9.17) is 5.26 Å². The summed E-state index contributed by atoms with van der Waals surface area (Å²) in [6, 6.07) is 2.95. The second-order valence-electron chi connectivity index (χ2n) is 2.90. The number of hydrogen-bond acceptors (Lipinski definition) is 1. The Kier molecular flexibility index (Phi) is 7.05. The molecule has 8 heavy (non-hydrogen) atoms. The van der Waals surface area contributed by atoms with Crippen molar-refractivity contribution in [1.29, 1.82) is 5.26 Å². The first-order valence-electron chi connectivity index (χ1n) is 2.43. The van der Waals surface area contributed by atoms with E-state index in [0.29, 0.717) is 0 Å². The largest absolute Gasteiger partial charge is 0.199 e. The van der Waals surface area contributed by atoms with E-state index >= 15 is 0 Å². The molecule has 0 fully saturated rings. The van der Waals surface area contributed by atoms with Crippen molar-refractivity contribution in [2.24, 2.45) is 0 Å². The summed E-state index contributed by atoms with van der Waals surface area (Å²) in [7, 11) is -1.02. The van der Waals surface area contributed by atoms with Crippen molar-refractivity contribution < 1.29 is 37.7 Å². The fourth-order valence-electron chi connectivity index (χ4n) is 0.237. The Bertz CT molecular complexity index is 89.6. The Hall–Kier alpha value is 0.967. The van der Waals surface area contributed by atoms with E-state index in [1.807, 2.05) is 0 Å². The predicted octanol–water partition coefficient (Wildman–Crippen LogP) is 1.85. The van der Waals surface area contributed by atoms with Crippen molar-refractivity contribution in [2.75, 3.05) is 0 Å². The predicted molar refractivity (Wildman–Crippen MR) is 33.8 cm³/mol. The van der Waals surface area contributed by atoms with Crippen LogP contribution >= 0.6 is 0 Å². The molecule has 0 atom stereocenters. The van der Waals surface area contributed by atoms with Gasteiger partial charge in [-0.3, -0.25) is 0 Å². The van der Waals surface area contributed by atoms with Gasteiger partial charge < -0.3 is 0 Å². The first kappa shape index (κ1) is 11.7. The van der Waals surface area contributed by atoms with Gasteiger partial charge in [-0.25, -0.2) is 0 Å². The van der Waals surface area contributed by atoms with Crippen LogP contribution in [0.2, 0.25) is 25.7 Å². The molecule has 0 aliphatic carbocycles. The van der Waals surface area contributed by atoms with Gasteiger partial charge in [-0.05, 0) is 0 Å². The Morgan fingerprint density at radius 3 is 1.75 bits per heavy atom. The van der Waals surface area contributed by atoms with Crippen molar-refractivity contribution >= 4 is 8.07 Å². The third-order valence-corrected chi connectivity index (χ3v) is 1.83. The molecule has 0 spiro atoms. The van der Waals surface area contributed by atoms with Gasteiger partial charge in [0.25, 0.3) is 0 Å². The van der Waals surface area contributed by atoms with Gasteiger partial charge in [-0.2, -0.15) is 5.26 Å². The van der Waals surface area contributed by atoms with Gasteiger partial charge in [0.2, 0.25) is 0 Å². The van der Waals surface area contributed by atoms with Gasteiger partial charge in [0.05, 0.1) is 14.1 Å². The number of nitriles is 1. The zero-order chi connectivity index (χ0) is 5.91. The maximum absolute atomic E-state index is 8.19. The van der Waals surface area contributed by atoms with Crippen molar-refractivity contribution in [3.8, 4) is 6.07 Å². The minimum atomic E-state index is -1.02. The second kappa shape index (κ2) is 4.81. The van der Waals surface area contributed by atoms with E-state index in [0.717, 1.165) is 6.04 Å². The number of hydrogen-bond donors (Lipinski definition) is 0. The molecule has 1 nitrogen and oxygen atoms in total. The van der Waals surface area contributed by atoms with Crippen LogP contribution in [-0.4, -0.2) is 8.07 Å². The Morgan fingerprint density at radius 1 is 1.38 bits per heavy atom. The SMILES string of the molecule is C[Si](C)(C)CC#N.[Ar]. The van der Waals surface area contributed by atoms with Gasteiger partial charge >= 0.3 is 0 Å². The average Bonchev–Trinajstić information content (AvgIpc) is 1.30. The summed E-state index contributed by atoms with van der Waals surface area (Å²) in [5, 5.41) is 8.19. The molecule has 0 aromatic carbocycles. The molecular formula is C5H11ArNSi. The van der Waals surface area contributed by atoms with E-state index < -0.39 is 8.07 Å². The summed E-state index contributed by atoms with van der Waals surface area (Å²) in [5.74, 6) is 0. The molecule has 0 N–H and O–H groups in total. The first-order chi connectivity index (χ1) is 3.06. The molecule has 0 rings (SSSR count). The third kappa shape index (κ3) is 10.1. The maximum Gasteiger partial charge on any atom is 0.0601 e. The molecule has 0 radical (unpaired) electrons. The summed E-state index contributed by atoms with van der Waals surface area (Å²) >= 11 is 0. The van der Waals surface area contributed by atoms with Crippen LogP contribution in [0.5, 0.6) is 0 Å². The molecule has 0 unspecified atom stereocenters. The zero-order valence-corrected chi connectivity index (χ0v) is 7.21. The van der Waals surface area contributed by atoms with Gasteiger partial charge in [-0.15, -0.1) is 0 Å². The van der Waals surface area contributed by atoms with Gasteiger partial charge in [0.1, 0.15) is 0 Å². The second-order valence-corrected chi connectivity index (χ2v) is 8.37. The van der Waals surface area contributed by atoms with E-state index in [2.05, 4.69) is 25.7 Å². The Balaban J connectivity index is 0. The standard InChI is InChI=1S/C5H11NSi.Ar/c1-7(2,3)5-4-6;/h5H2,1-3H3;. The zero-order valence-electron chi connectivity index (χ0n) is 5.51. The van der Waals surface area contributed by atoms with Crippen molar-refractivity contribution in [2.45, 2.75) is 25.7 Å². The molecule has 3 heteroatoms. The van der Waals surface area contributed by atoms with Crippen LogP contribution in [0.25, 0.3) is 0 Å². The van der Waals surface area contributed by atoms with Crippen LogP contribution in [0.15, 0.2) is 0 Å². The smallest absolute Gasteiger partial charge is 0.0601 e. The fourth-order valence-corrected chi connectivity index (χ4v) is 0.712. The topological polar surface area (TPSA) is 23.8 Å². The Morgan fingerprint density at radius 2 is 1.75 bits per heavy atom. The molecule has 0 saturated heterocycles. The van der Waals surface area contributed by atoms with Crippen LogP contribution in [0, 0.1) is 49.1 Å². The summed E-state index contributed by atoms with van der Waals surface area (Å²) in [4.78, 5) is 0. The molecular weight excluding hydrogens is 142 g/mol. The van der Waals surface area contributed by atoms with Crippen LogP contribution in [0.1, 0.15) is 0 Å². The summed E-state index contributed by atoms with van der Waals surface area (Å²) in [5.41, 5.74) is 0. The van der Waals surface area contributed by atoms with Crippen LogP contribution in [0.3, 0.4) is 0 Å². The molecule has 0 aromatic heterocycles. The van der Waals surface area contributed by atoms with Crippen LogP contribution in [0.4, 0.5) is 0 Å². The minimum absolute atomic E-state index is 0. The van der Waals surface area contributed by atoms with Gasteiger partial charge in [0.15, 0.2) is 0 Å². The maximum atomic E-state index is 8.19. The minimum Gasteiger partial charge on any atom is -0.199 e. The summed E-state index contributed by atoms with van der Waals surface area (Å²) < 4.78 is 0. The van der Waals surface area contributed by atoms with Crippen molar-refractivity contribution in [1.82, 2.24) is 0 Å². The molecule has 0 saturated carbocycles. The molecule has 0 heterocycles. The van der Waals surface area contributed by atoms with Gasteiger partial charge in [-0.1, -0.05) is 19.6 Å². The fraction of sp³-hybridized carbons (Fsp3) is 0.800. The average molecular weight is 153 g/mol.